The van der Waals surface area contributed by atoms with Crippen molar-refractivity contribution in [2.45, 2.75) is 39.2 Å². The van der Waals surface area contributed by atoms with E-state index in [0.717, 1.165) is 36.9 Å². The first-order chi connectivity index (χ1) is 15.1. The monoisotopic (exact) mass is 446 g/mol. The van der Waals surface area contributed by atoms with E-state index in [0.29, 0.717) is 48.5 Å². The summed E-state index contributed by atoms with van der Waals surface area (Å²) < 4.78 is 16.8. The molecule has 0 unspecified atom stereocenters. The van der Waals surface area contributed by atoms with Gasteiger partial charge in [0.2, 0.25) is 0 Å². The molecular formula is C24H31ClN2O4. The fourth-order valence-corrected chi connectivity index (χ4v) is 3.86. The van der Waals surface area contributed by atoms with Gasteiger partial charge in [0.25, 0.3) is 0 Å². The van der Waals surface area contributed by atoms with E-state index in [1.165, 1.54) is 0 Å². The van der Waals surface area contributed by atoms with Gasteiger partial charge in [-0.2, -0.15) is 0 Å². The number of nitrogens with zero attached hydrogens (tertiary/aromatic N) is 2. The highest BCUT2D eigenvalue weighted by molar-refractivity contribution is 6.30. The average Bonchev–Trinajstić information content (AvgIpc) is 2.79. The van der Waals surface area contributed by atoms with E-state index in [-0.39, 0.29) is 6.03 Å². The fourth-order valence-electron chi connectivity index (χ4n) is 3.70. The van der Waals surface area contributed by atoms with Crippen LogP contribution in [0.25, 0.3) is 0 Å². The Morgan fingerprint density at radius 3 is 2.52 bits per heavy atom. The lowest BCUT2D eigenvalue weighted by Crippen LogP contribution is -2.49. The molecule has 7 heteroatoms. The Labute approximate surface area is 189 Å². The van der Waals surface area contributed by atoms with Gasteiger partial charge in [0.1, 0.15) is 5.75 Å². The average molecular weight is 447 g/mol. The van der Waals surface area contributed by atoms with Crippen LogP contribution in [-0.4, -0.2) is 44.8 Å². The Balaban J connectivity index is 1.76. The molecule has 3 rings (SSSR count). The highest BCUT2D eigenvalue weighted by Crippen LogP contribution is 2.34. The number of hydrogen-bond acceptors (Lipinski definition) is 4. The Kier molecular flexibility index (Phi) is 8.29. The number of unbranched alkanes of at least 4 members (excludes halogenated alkanes) is 2. The molecule has 0 aromatic heterocycles. The zero-order valence-corrected chi connectivity index (χ0v) is 19.3. The largest absolute Gasteiger partial charge is 0.496 e. The molecule has 0 spiro atoms. The van der Waals surface area contributed by atoms with Gasteiger partial charge in [-0.15, -0.1) is 0 Å². The van der Waals surface area contributed by atoms with Crippen molar-refractivity contribution >= 4 is 23.3 Å². The minimum atomic E-state index is -0.0367. The Bertz CT molecular complexity index is 890. The summed E-state index contributed by atoms with van der Waals surface area (Å²) in [6.45, 7) is 4.61. The van der Waals surface area contributed by atoms with Crippen LogP contribution in [0, 0.1) is 0 Å². The number of halogens is 1. The van der Waals surface area contributed by atoms with Gasteiger partial charge in [0, 0.05) is 35.4 Å². The number of carbonyl (C=O) groups is 1. The molecule has 2 aromatic rings. The standard InChI is InChI=1S/C24H31ClN2O4/c1-4-5-6-14-31-23-16-20(10-11-21(23)29-2)27-13-7-12-26(24(27)28)17-18-8-9-19(25)15-22(18)30-3/h8-11,15-16H,4-7,12-14,17H2,1-3H3. The van der Waals surface area contributed by atoms with E-state index in [9.17, 15) is 4.79 Å². The molecule has 168 valence electrons. The van der Waals surface area contributed by atoms with Crippen LogP contribution in [0.15, 0.2) is 36.4 Å². The van der Waals surface area contributed by atoms with Crippen LogP contribution in [0.5, 0.6) is 17.2 Å². The molecular weight excluding hydrogens is 416 g/mol. The van der Waals surface area contributed by atoms with Crippen LogP contribution in [-0.2, 0) is 6.54 Å². The normalized spacial score (nSPS) is 14.0. The topological polar surface area (TPSA) is 51.2 Å². The molecule has 1 saturated heterocycles. The second-order valence-electron chi connectivity index (χ2n) is 7.56. The molecule has 0 atom stereocenters. The van der Waals surface area contributed by atoms with Crippen LogP contribution < -0.4 is 19.1 Å². The molecule has 1 aliphatic rings. The SMILES string of the molecule is CCCCCOc1cc(N2CCCN(Cc3ccc(Cl)cc3OC)C2=O)ccc1OC. The van der Waals surface area contributed by atoms with Gasteiger partial charge >= 0.3 is 6.03 Å². The number of hydrogen-bond donors (Lipinski definition) is 0. The summed E-state index contributed by atoms with van der Waals surface area (Å²) in [6, 6.07) is 11.1. The van der Waals surface area contributed by atoms with Gasteiger partial charge in [0.15, 0.2) is 11.5 Å². The third-order valence-electron chi connectivity index (χ3n) is 5.39. The van der Waals surface area contributed by atoms with Crippen molar-refractivity contribution in [3.8, 4) is 17.2 Å². The number of amides is 2. The summed E-state index contributed by atoms with van der Waals surface area (Å²) in [5, 5.41) is 0.608. The van der Waals surface area contributed by atoms with Crippen LogP contribution in [0.3, 0.4) is 0 Å². The summed E-state index contributed by atoms with van der Waals surface area (Å²) >= 11 is 6.07. The van der Waals surface area contributed by atoms with Crippen LogP contribution in [0.1, 0.15) is 38.2 Å². The van der Waals surface area contributed by atoms with E-state index in [1.54, 1.807) is 25.2 Å². The summed E-state index contributed by atoms with van der Waals surface area (Å²) in [5.74, 6) is 2.03. The van der Waals surface area contributed by atoms with E-state index < -0.39 is 0 Å². The Morgan fingerprint density at radius 1 is 0.968 bits per heavy atom. The van der Waals surface area contributed by atoms with Crippen LogP contribution >= 0.6 is 11.6 Å². The maximum atomic E-state index is 13.3. The van der Waals surface area contributed by atoms with E-state index in [4.69, 9.17) is 25.8 Å². The number of anilines is 1. The zero-order chi connectivity index (χ0) is 22.2. The van der Waals surface area contributed by atoms with E-state index in [2.05, 4.69) is 6.92 Å². The molecule has 0 saturated carbocycles. The number of ether oxygens (including phenoxy) is 3. The second-order valence-corrected chi connectivity index (χ2v) is 7.99. The van der Waals surface area contributed by atoms with Crippen molar-refractivity contribution in [2.75, 3.05) is 38.8 Å². The van der Waals surface area contributed by atoms with Crippen molar-refractivity contribution < 1.29 is 19.0 Å². The van der Waals surface area contributed by atoms with Gasteiger partial charge in [-0.05, 0) is 37.1 Å². The maximum absolute atomic E-state index is 13.3. The first-order valence-electron chi connectivity index (χ1n) is 10.8. The summed E-state index contributed by atoms with van der Waals surface area (Å²) in [6.07, 6.45) is 4.12. The highest BCUT2D eigenvalue weighted by atomic mass is 35.5. The quantitative estimate of drug-likeness (QED) is 0.435. The van der Waals surface area contributed by atoms with Crippen molar-refractivity contribution in [1.82, 2.24) is 4.90 Å². The molecule has 0 aliphatic carbocycles. The van der Waals surface area contributed by atoms with Crippen LogP contribution in [0.2, 0.25) is 5.02 Å². The van der Waals surface area contributed by atoms with Crippen molar-refractivity contribution in [1.29, 1.82) is 0 Å². The Morgan fingerprint density at radius 2 is 1.77 bits per heavy atom. The number of urea groups is 1. The number of benzene rings is 2. The van der Waals surface area contributed by atoms with Gasteiger partial charge in [-0.25, -0.2) is 4.79 Å². The van der Waals surface area contributed by atoms with Crippen LogP contribution in [0.4, 0.5) is 10.5 Å². The lowest BCUT2D eigenvalue weighted by atomic mass is 10.1. The van der Waals surface area contributed by atoms with Crippen molar-refractivity contribution in [2.24, 2.45) is 0 Å². The molecule has 2 amide bonds. The molecule has 1 aliphatic heterocycles. The number of rotatable bonds is 10. The minimum Gasteiger partial charge on any atom is -0.496 e. The molecule has 6 nitrogen and oxygen atoms in total. The Hall–Kier alpha value is -2.60. The third-order valence-corrected chi connectivity index (χ3v) is 5.62. The zero-order valence-electron chi connectivity index (χ0n) is 18.5. The lowest BCUT2D eigenvalue weighted by molar-refractivity contribution is 0.191. The predicted molar refractivity (Wildman–Crippen MR) is 124 cm³/mol. The molecule has 2 aromatic carbocycles. The summed E-state index contributed by atoms with van der Waals surface area (Å²) in [7, 11) is 3.24. The summed E-state index contributed by atoms with van der Waals surface area (Å²) in [5.41, 5.74) is 1.74. The molecule has 0 N–H and O–H groups in total. The maximum Gasteiger partial charge on any atom is 0.324 e. The van der Waals surface area contributed by atoms with Gasteiger partial charge < -0.3 is 19.1 Å². The predicted octanol–water partition coefficient (Wildman–Crippen LogP) is 5.76. The van der Waals surface area contributed by atoms with Gasteiger partial charge in [0.05, 0.1) is 27.4 Å². The first-order valence-corrected chi connectivity index (χ1v) is 11.1. The molecule has 31 heavy (non-hydrogen) atoms. The van der Waals surface area contributed by atoms with Crippen molar-refractivity contribution in [3.63, 3.8) is 0 Å². The second kappa shape index (κ2) is 11.1. The van der Waals surface area contributed by atoms with E-state index in [1.807, 2.05) is 35.2 Å². The molecule has 1 heterocycles. The molecule has 1 fully saturated rings. The fraction of sp³-hybridized carbons (Fsp3) is 0.458. The smallest absolute Gasteiger partial charge is 0.324 e. The van der Waals surface area contributed by atoms with Crippen molar-refractivity contribution in [3.05, 3.63) is 47.0 Å². The highest BCUT2D eigenvalue weighted by Gasteiger charge is 2.28. The molecule has 0 bridgehead atoms. The van der Waals surface area contributed by atoms with E-state index >= 15 is 0 Å². The lowest BCUT2D eigenvalue weighted by Gasteiger charge is -2.36. The van der Waals surface area contributed by atoms with Gasteiger partial charge in [-0.3, -0.25) is 4.90 Å². The third kappa shape index (κ3) is 5.76. The first kappa shape index (κ1) is 23.1. The number of carbonyl (C=O) groups excluding carboxylic acids is 1. The van der Waals surface area contributed by atoms with Gasteiger partial charge in [-0.1, -0.05) is 37.4 Å². The minimum absolute atomic E-state index is 0.0367. The summed E-state index contributed by atoms with van der Waals surface area (Å²) in [4.78, 5) is 16.9. The number of methoxy groups -OCH3 is 2. The molecule has 0 radical (unpaired) electrons.